The van der Waals surface area contributed by atoms with Crippen LogP contribution in [0.25, 0.3) is 11.4 Å². The molecule has 1 aliphatic carbocycles. The second kappa shape index (κ2) is 8.65. The average Bonchev–Trinajstić information content (AvgIpc) is 3.23. The van der Waals surface area contributed by atoms with Crippen LogP contribution in [0.3, 0.4) is 0 Å². The number of aromatic nitrogens is 2. The van der Waals surface area contributed by atoms with Crippen molar-refractivity contribution in [1.29, 1.82) is 0 Å². The van der Waals surface area contributed by atoms with Crippen LogP contribution in [-0.2, 0) is 17.8 Å². The van der Waals surface area contributed by atoms with Crippen molar-refractivity contribution >= 4 is 17.2 Å². The molecule has 8 heteroatoms. The number of hydrogen-bond donors (Lipinski definition) is 0. The molecule has 0 bridgehead atoms. The molecule has 29 heavy (non-hydrogen) atoms. The van der Waals surface area contributed by atoms with Gasteiger partial charge in [-0.25, -0.2) is 0 Å². The molecule has 7 nitrogen and oxygen atoms in total. The van der Waals surface area contributed by atoms with Gasteiger partial charge in [-0.3, -0.25) is 4.79 Å². The molecule has 2 heterocycles. The Morgan fingerprint density at radius 2 is 2.14 bits per heavy atom. The number of hydrogen-bond acceptors (Lipinski definition) is 7. The van der Waals surface area contributed by atoms with E-state index in [1.165, 1.54) is 0 Å². The minimum absolute atomic E-state index is 0.0765. The first-order chi connectivity index (χ1) is 14.2. The highest BCUT2D eigenvalue weighted by molar-refractivity contribution is 7.08. The van der Waals surface area contributed by atoms with Crippen molar-refractivity contribution in [3.8, 4) is 22.9 Å². The highest BCUT2D eigenvalue weighted by Gasteiger charge is 2.33. The van der Waals surface area contributed by atoms with E-state index in [0.717, 1.165) is 35.5 Å². The van der Waals surface area contributed by atoms with Gasteiger partial charge in [-0.1, -0.05) is 5.16 Å². The number of aryl methyl sites for hydroxylation is 1. The fraction of sp³-hybridized carbons (Fsp3) is 0.381. The van der Waals surface area contributed by atoms with Gasteiger partial charge in [-0.15, -0.1) is 0 Å². The van der Waals surface area contributed by atoms with E-state index in [4.69, 9.17) is 14.0 Å². The lowest BCUT2D eigenvalue weighted by Crippen LogP contribution is -2.33. The van der Waals surface area contributed by atoms with Crippen molar-refractivity contribution in [2.45, 2.75) is 38.3 Å². The average molecular weight is 413 g/mol. The number of methoxy groups -OCH3 is 2. The van der Waals surface area contributed by atoms with Gasteiger partial charge in [0.05, 0.1) is 14.2 Å². The molecule has 4 rings (SSSR count). The summed E-state index contributed by atoms with van der Waals surface area (Å²) >= 11 is 1.58. The summed E-state index contributed by atoms with van der Waals surface area (Å²) in [6.45, 7) is 0.494. The Hall–Kier alpha value is -2.87. The number of benzene rings is 1. The maximum absolute atomic E-state index is 13.0. The molecule has 2 aromatic heterocycles. The predicted octanol–water partition coefficient (Wildman–Crippen LogP) is 3.94. The third-order valence-corrected chi connectivity index (χ3v) is 5.62. The summed E-state index contributed by atoms with van der Waals surface area (Å²) in [5.74, 6) is 2.62. The summed E-state index contributed by atoms with van der Waals surface area (Å²) in [4.78, 5) is 19.3. The second-order valence-electron chi connectivity index (χ2n) is 6.95. The number of amides is 1. The van der Waals surface area contributed by atoms with Gasteiger partial charge in [0.15, 0.2) is 0 Å². The van der Waals surface area contributed by atoms with E-state index >= 15 is 0 Å². The van der Waals surface area contributed by atoms with Gasteiger partial charge in [-0.05, 0) is 42.5 Å². The molecule has 0 radical (unpaired) electrons. The predicted molar refractivity (Wildman–Crippen MR) is 109 cm³/mol. The van der Waals surface area contributed by atoms with Gasteiger partial charge in [-0.2, -0.15) is 16.3 Å². The van der Waals surface area contributed by atoms with Crippen molar-refractivity contribution in [2.24, 2.45) is 0 Å². The van der Waals surface area contributed by atoms with Crippen LogP contribution in [-0.4, -0.2) is 41.2 Å². The van der Waals surface area contributed by atoms with Crippen molar-refractivity contribution in [2.75, 3.05) is 14.2 Å². The topological polar surface area (TPSA) is 77.7 Å². The number of thiophene rings is 1. The number of rotatable bonds is 9. The summed E-state index contributed by atoms with van der Waals surface area (Å²) in [6, 6.07) is 7.87. The molecule has 1 aliphatic rings. The monoisotopic (exact) mass is 413 g/mol. The summed E-state index contributed by atoms with van der Waals surface area (Å²) in [7, 11) is 3.26. The van der Waals surface area contributed by atoms with Crippen LogP contribution < -0.4 is 9.47 Å². The van der Waals surface area contributed by atoms with Crippen LogP contribution in [0.4, 0.5) is 0 Å². The summed E-state index contributed by atoms with van der Waals surface area (Å²) in [6.07, 6.45) is 2.81. The summed E-state index contributed by atoms with van der Waals surface area (Å²) in [5, 5.41) is 7.94. The fourth-order valence-electron chi connectivity index (χ4n) is 3.22. The standard InChI is InChI=1S/C21H23N3O4S/c1-26-17-5-6-18(27-2)15(11-17)12-24(16-3-4-16)20(25)8-7-19-22-21(23-28-19)14-9-10-29-13-14/h5-6,9-11,13,16H,3-4,7-8,12H2,1-2H3. The van der Waals surface area contributed by atoms with E-state index in [1.807, 2.05) is 39.9 Å². The highest BCUT2D eigenvalue weighted by Crippen LogP contribution is 2.32. The van der Waals surface area contributed by atoms with E-state index in [0.29, 0.717) is 31.1 Å². The number of carbonyl (C=O) groups excluding carboxylic acids is 1. The molecule has 0 saturated heterocycles. The maximum Gasteiger partial charge on any atom is 0.227 e. The molecule has 1 saturated carbocycles. The zero-order valence-corrected chi connectivity index (χ0v) is 17.3. The molecule has 1 fully saturated rings. The van der Waals surface area contributed by atoms with E-state index < -0.39 is 0 Å². The van der Waals surface area contributed by atoms with Gasteiger partial charge < -0.3 is 18.9 Å². The molecule has 0 spiro atoms. The summed E-state index contributed by atoms with van der Waals surface area (Å²) in [5.41, 5.74) is 1.87. The maximum atomic E-state index is 13.0. The first-order valence-electron chi connectivity index (χ1n) is 9.53. The molecule has 152 valence electrons. The highest BCUT2D eigenvalue weighted by atomic mass is 32.1. The van der Waals surface area contributed by atoms with Gasteiger partial charge in [0.25, 0.3) is 0 Å². The van der Waals surface area contributed by atoms with Crippen molar-refractivity contribution < 1.29 is 18.8 Å². The Morgan fingerprint density at radius 1 is 1.28 bits per heavy atom. The second-order valence-corrected chi connectivity index (χ2v) is 7.73. The Kier molecular flexibility index (Phi) is 5.80. The lowest BCUT2D eigenvalue weighted by Gasteiger charge is -2.23. The summed E-state index contributed by atoms with van der Waals surface area (Å²) < 4.78 is 16.1. The van der Waals surface area contributed by atoms with Crippen LogP contribution >= 0.6 is 11.3 Å². The third-order valence-electron chi connectivity index (χ3n) is 4.94. The van der Waals surface area contributed by atoms with Crippen molar-refractivity contribution in [3.05, 3.63) is 46.5 Å². The lowest BCUT2D eigenvalue weighted by molar-refractivity contribution is -0.132. The minimum atomic E-state index is 0.0765. The normalized spacial score (nSPS) is 13.3. The van der Waals surface area contributed by atoms with E-state index in [1.54, 1.807) is 25.6 Å². The molecule has 1 aromatic carbocycles. The minimum Gasteiger partial charge on any atom is -0.497 e. The number of carbonyl (C=O) groups is 1. The quantitative estimate of drug-likeness (QED) is 0.529. The SMILES string of the molecule is COc1ccc(OC)c(CN(C(=O)CCc2nc(-c3ccsc3)no2)C2CC2)c1. The van der Waals surface area contributed by atoms with Crippen LogP contribution in [0, 0.1) is 0 Å². The van der Waals surface area contributed by atoms with Gasteiger partial charge in [0, 0.05) is 41.9 Å². The zero-order valence-electron chi connectivity index (χ0n) is 16.5. The number of nitrogens with zero attached hydrogens (tertiary/aromatic N) is 3. The Balaban J connectivity index is 1.42. The van der Waals surface area contributed by atoms with Gasteiger partial charge in [0.1, 0.15) is 11.5 Å². The lowest BCUT2D eigenvalue weighted by atomic mass is 10.1. The Morgan fingerprint density at radius 3 is 2.83 bits per heavy atom. The van der Waals surface area contributed by atoms with Crippen LogP contribution in [0.15, 0.2) is 39.5 Å². The van der Waals surface area contributed by atoms with Crippen LogP contribution in [0.5, 0.6) is 11.5 Å². The first-order valence-corrected chi connectivity index (χ1v) is 10.5. The number of ether oxygens (including phenoxy) is 2. The van der Waals surface area contributed by atoms with Crippen LogP contribution in [0.1, 0.15) is 30.7 Å². The largest absolute Gasteiger partial charge is 0.497 e. The zero-order chi connectivity index (χ0) is 20.2. The third kappa shape index (κ3) is 4.59. The molecule has 3 aromatic rings. The van der Waals surface area contributed by atoms with Crippen molar-refractivity contribution in [1.82, 2.24) is 15.0 Å². The smallest absolute Gasteiger partial charge is 0.227 e. The fourth-order valence-corrected chi connectivity index (χ4v) is 3.85. The molecular weight excluding hydrogens is 390 g/mol. The van der Waals surface area contributed by atoms with Gasteiger partial charge >= 0.3 is 0 Å². The molecule has 0 atom stereocenters. The van der Waals surface area contributed by atoms with E-state index in [-0.39, 0.29) is 11.9 Å². The van der Waals surface area contributed by atoms with E-state index in [9.17, 15) is 4.79 Å². The van der Waals surface area contributed by atoms with E-state index in [2.05, 4.69) is 10.1 Å². The first kappa shape index (κ1) is 19.4. The van der Waals surface area contributed by atoms with Gasteiger partial charge in [0.2, 0.25) is 17.6 Å². The Bertz CT molecular complexity index is 966. The molecule has 0 N–H and O–H groups in total. The Labute approximate surface area is 173 Å². The molecule has 0 aliphatic heterocycles. The van der Waals surface area contributed by atoms with Crippen molar-refractivity contribution in [3.63, 3.8) is 0 Å². The van der Waals surface area contributed by atoms with Crippen LogP contribution in [0.2, 0.25) is 0 Å². The molecular formula is C21H23N3O4S. The molecule has 1 amide bonds. The molecule has 0 unspecified atom stereocenters.